The molecule has 1 heterocycles. The predicted molar refractivity (Wildman–Crippen MR) is 82.5 cm³/mol. The Bertz CT molecular complexity index is 565. The molecule has 0 saturated heterocycles. The molecule has 0 aliphatic carbocycles. The molecule has 0 atom stereocenters. The first-order chi connectivity index (χ1) is 9.45. The van der Waals surface area contributed by atoms with Crippen LogP contribution in [0.1, 0.15) is 51.8 Å². The number of nitrogens with zero attached hydrogens (tertiary/aromatic N) is 2. The summed E-state index contributed by atoms with van der Waals surface area (Å²) in [5, 5.41) is 15.2. The minimum Gasteiger partial charge on any atom is -0.493 e. The van der Waals surface area contributed by atoms with Gasteiger partial charge in [-0.1, -0.05) is 52.3 Å². The van der Waals surface area contributed by atoms with Gasteiger partial charge in [0.25, 0.3) is 0 Å². The van der Waals surface area contributed by atoms with Crippen LogP contribution in [0.15, 0.2) is 30.3 Å². The monoisotopic (exact) mass is 272 g/mol. The van der Waals surface area contributed by atoms with Gasteiger partial charge >= 0.3 is 0 Å². The Labute approximate surface area is 121 Å². The second-order valence-electron chi connectivity index (χ2n) is 6.25. The lowest BCUT2D eigenvalue weighted by Crippen LogP contribution is -2.15. The summed E-state index contributed by atoms with van der Waals surface area (Å²) in [6.45, 7) is 8.58. The van der Waals surface area contributed by atoms with E-state index in [0.29, 0.717) is 0 Å². The smallest absolute Gasteiger partial charge is 0.217 e. The van der Waals surface area contributed by atoms with E-state index >= 15 is 0 Å². The summed E-state index contributed by atoms with van der Waals surface area (Å²) in [7, 11) is 0. The second kappa shape index (κ2) is 5.70. The number of aromatic hydroxyl groups is 1. The molecule has 0 aliphatic rings. The van der Waals surface area contributed by atoms with Crippen molar-refractivity contribution in [2.45, 2.75) is 52.4 Å². The number of hydrogen-bond donors (Lipinski definition) is 1. The largest absolute Gasteiger partial charge is 0.493 e. The van der Waals surface area contributed by atoms with Gasteiger partial charge in [0.2, 0.25) is 5.88 Å². The average Bonchev–Trinajstić information content (AvgIpc) is 2.74. The first-order valence-corrected chi connectivity index (χ1v) is 7.32. The van der Waals surface area contributed by atoms with Gasteiger partial charge in [-0.2, -0.15) is 5.10 Å². The molecule has 0 bridgehead atoms. The Morgan fingerprint density at radius 3 is 2.35 bits per heavy atom. The summed E-state index contributed by atoms with van der Waals surface area (Å²) in [6, 6.07) is 9.80. The Hall–Kier alpha value is -1.77. The third kappa shape index (κ3) is 2.87. The van der Waals surface area contributed by atoms with Crippen molar-refractivity contribution in [3.05, 3.63) is 41.6 Å². The van der Waals surface area contributed by atoms with Crippen molar-refractivity contribution in [3.8, 4) is 11.6 Å². The van der Waals surface area contributed by atoms with E-state index in [1.54, 1.807) is 4.68 Å². The van der Waals surface area contributed by atoms with E-state index in [1.807, 2.05) is 30.3 Å². The molecule has 0 spiro atoms. The SMILES string of the molecule is CCCCc1c(C(C)(C)C)nn(-c2ccccc2)c1O. The predicted octanol–water partition coefficient (Wildman–Crippen LogP) is 4.22. The maximum absolute atomic E-state index is 10.6. The molecule has 3 nitrogen and oxygen atoms in total. The number of rotatable bonds is 4. The second-order valence-corrected chi connectivity index (χ2v) is 6.25. The van der Waals surface area contributed by atoms with Crippen molar-refractivity contribution < 1.29 is 5.11 Å². The van der Waals surface area contributed by atoms with Crippen molar-refractivity contribution in [3.63, 3.8) is 0 Å². The fraction of sp³-hybridized carbons (Fsp3) is 0.471. The first-order valence-electron chi connectivity index (χ1n) is 7.32. The highest BCUT2D eigenvalue weighted by atomic mass is 16.3. The van der Waals surface area contributed by atoms with Gasteiger partial charge in [0.1, 0.15) is 0 Å². The Balaban J connectivity index is 2.53. The van der Waals surface area contributed by atoms with Crippen LogP contribution in [-0.2, 0) is 11.8 Å². The van der Waals surface area contributed by atoms with E-state index in [0.717, 1.165) is 36.2 Å². The van der Waals surface area contributed by atoms with Crippen LogP contribution >= 0.6 is 0 Å². The summed E-state index contributed by atoms with van der Waals surface area (Å²) in [5.41, 5.74) is 2.81. The molecule has 20 heavy (non-hydrogen) atoms. The minimum absolute atomic E-state index is 0.0689. The fourth-order valence-electron chi connectivity index (χ4n) is 2.38. The highest BCUT2D eigenvalue weighted by Crippen LogP contribution is 2.33. The Morgan fingerprint density at radius 1 is 1.15 bits per heavy atom. The molecule has 2 aromatic rings. The highest BCUT2D eigenvalue weighted by Gasteiger charge is 2.26. The van der Waals surface area contributed by atoms with Gasteiger partial charge in [-0.3, -0.25) is 0 Å². The first kappa shape index (κ1) is 14.6. The zero-order valence-electron chi connectivity index (χ0n) is 12.8. The van der Waals surface area contributed by atoms with E-state index in [1.165, 1.54) is 0 Å². The van der Waals surface area contributed by atoms with Crippen molar-refractivity contribution >= 4 is 0 Å². The van der Waals surface area contributed by atoms with Crippen molar-refractivity contribution in [2.75, 3.05) is 0 Å². The number of unbranched alkanes of at least 4 members (excludes halogenated alkanes) is 1. The van der Waals surface area contributed by atoms with Gasteiger partial charge in [0, 0.05) is 11.0 Å². The third-order valence-electron chi connectivity index (χ3n) is 3.45. The van der Waals surface area contributed by atoms with Crippen LogP contribution in [0.3, 0.4) is 0 Å². The number of hydrogen-bond acceptors (Lipinski definition) is 2. The summed E-state index contributed by atoms with van der Waals surface area (Å²) in [6.07, 6.45) is 3.05. The molecule has 0 amide bonds. The fourth-order valence-corrected chi connectivity index (χ4v) is 2.38. The number of para-hydroxylation sites is 1. The van der Waals surface area contributed by atoms with E-state index in [9.17, 15) is 5.11 Å². The minimum atomic E-state index is -0.0689. The van der Waals surface area contributed by atoms with Gasteiger partial charge in [-0.15, -0.1) is 0 Å². The Morgan fingerprint density at radius 2 is 1.80 bits per heavy atom. The molecule has 108 valence electrons. The van der Waals surface area contributed by atoms with Crippen LogP contribution in [0.25, 0.3) is 5.69 Å². The quantitative estimate of drug-likeness (QED) is 0.905. The van der Waals surface area contributed by atoms with Gasteiger partial charge in [-0.05, 0) is 25.0 Å². The van der Waals surface area contributed by atoms with Gasteiger partial charge in [0.05, 0.1) is 11.4 Å². The van der Waals surface area contributed by atoms with Crippen molar-refractivity contribution in [2.24, 2.45) is 0 Å². The van der Waals surface area contributed by atoms with Gasteiger partial charge < -0.3 is 5.11 Å². The van der Waals surface area contributed by atoms with Crippen LogP contribution in [0.4, 0.5) is 0 Å². The molecule has 1 aromatic heterocycles. The molecule has 1 aromatic carbocycles. The molecule has 2 rings (SSSR count). The molecule has 0 aliphatic heterocycles. The van der Waals surface area contributed by atoms with Gasteiger partial charge in [-0.25, -0.2) is 4.68 Å². The molecule has 0 unspecified atom stereocenters. The average molecular weight is 272 g/mol. The summed E-state index contributed by atoms with van der Waals surface area (Å²) in [4.78, 5) is 0. The summed E-state index contributed by atoms with van der Waals surface area (Å²) >= 11 is 0. The summed E-state index contributed by atoms with van der Waals surface area (Å²) in [5.74, 6) is 0.287. The lowest BCUT2D eigenvalue weighted by Gasteiger charge is -2.17. The van der Waals surface area contributed by atoms with E-state index in [4.69, 9.17) is 0 Å². The van der Waals surface area contributed by atoms with E-state index in [-0.39, 0.29) is 11.3 Å². The Kier molecular flexibility index (Phi) is 4.17. The van der Waals surface area contributed by atoms with Crippen LogP contribution in [-0.4, -0.2) is 14.9 Å². The zero-order chi connectivity index (χ0) is 14.8. The molecule has 0 radical (unpaired) electrons. The maximum atomic E-state index is 10.6. The maximum Gasteiger partial charge on any atom is 0.217 e. The number of aromatic nitrogens is 2. The van der Waals surface area contributed by atoms with Crippen LogP contribution in [0.5, 0.6) is 5.88 Å². The number of benzene rings is 1. The van der Waals surface area contributed by atoms with Crippen molar-refractivity contribution in [1.29, 1.82) is 0 Å². The zero-order valence-corrected chi connectivity index (χ0v) is 12.8. The van der Waals surface area contributed by atoms with Crippen LogP contribution in [0.2, 0.25) is 0 Å². The van der Waals surface area contributed by atoms with E-state index in [2.05, 4.69) is 32.8 Å². The molecule has 3 heteroatoms. The molecular formula is C17H24N2O. The van der Waals surface area contributed by atoms with E-state index < -0.39 is 0 Å². The van der Waals surface area contributed by atoms with Gasteiger partial charge in [0.15, 0.2) is 0 Å². The molecule has 0 fully saturated rings. The lowest BCUT2D eigenvalue weighted by molar-refractivity contribution is 0.427. The normalized spacial score (nSPS) is 11.8. The third-order valence-corrected chi connectivity index (χ3v) is 3.45. The topological polar surface area (TPSA) is 38.0 Å². The standard InChI is InChI=1S/C17H24N2O/c1-5-6-12-14-15(17(2,3)4)18-19(16(14)20)13-10-8-7-9-11-13/h7-11,20H,5-6,12H2,1-4H3. The molecule has 1 N–H and O–H groups in total. The summed E-state index contributed by atoms with van der Waals surface area (Å²) < 4.78 is 1.66. The highest BCUT2D eigenvalue weighted by molar-refractivity contribution is 5.42. The lowest BCUT2D eigenvalue weighted by atomic mass is 9.88. The molecule has 0 saturated carbocycles. The molecular weight excluding hydrogens is 248 g/mol. The van der Waals surface area contributed by atoms with Crippen LogP contribution in [0, 0.1) is 0 Å². The van der Waals surface area contributed by atoms with Crippen LogP contribution < -0.4 is 0 Å². The van der Waals surface area contributed by atoms with Crippen molar-refractivity contribution in [1.82, 2.24) is 9.78 Å².